The van der Waals surface area contributed by atoms with Gasteiger partial charge in [-0.1, -0.05) is 20.8 Å². The van der Waals surface area contributed by atoms with Gasteiger partial charge in [-0.3, -0.25) is 4.79 Å². The van der Waals surface area contributed by atoms with E-state index in [1.807, 2.05) is 0 Å². The van der Waals surface area contributed by atoms with Crippen molar-refractivity contribution >= 4 is 22.2 Å². The molecule has 0 radical (unpaired) electrons. The Kier molecular flexibility index (Phi) is 3.57. The molecular formula is C17H22N2OS. The van der Waals surface area contributed by atoms with Crippen LogP contribution in [-0.2, 0) is 17.6 Å². The van der Waals surface area contributed by atoms with Crippen molar-refractivity contribution in [2.75, 3.05) is 5.32 Å². The number of carbonyl (C=O) groups is 1. The number of nitrogens with one attached hydrogen (secondary N) is 1. The van der Waals surface area contributed by atoms with Crippen LogP contribution in [0, 0.1) is 28.6 Å². The Morgan fingerprint density at radius 1 is 1.33 bits per heavy atom. The van der Waals surface area contributed by atoms with Crippen LogP contribution in [-0.4, -0.2) is 5.91 Å². The first kappa shape index (κ1) is 14.6. The Hall–Kier alpha value is -1.34. The fourth-order valence-corrected chi connectivity index (χ4v) is 4.37. The Bertz CT molecular complexity index is 614. The van der Waals surface area contributed by atoms with Crippen molar-refractivity contribution in [1.82, 2.24) is 0 Å². The molecule has 2 aliphatic carbocycles. The summed E-state index contributed by atoms with van der Waals surface area (Å²) in [5.41, 5.74) is 2.21. The van der Waals surface area contributed by atoms with Crippen LogP contribution in [0.3, 0.4) is 0 Å². The third kappa shape index (κ3) is 2.85. The molecule has 0 spiro atoms. The number of thiophene rings is 1. The predicted molar refractivity (Wildman–Crippen MR) is 85.4 cm³/mol. The van der Waals surface area contributed by atoms with Gasteiger partial charge >= 0.3 is 0 Å². The maximum absolute atomic E-state index is 12.0. The van der Waals surface area contributed by atoms with Gasteiger partial charge in [-0.25, -0.2) is 0 Å². The third-order valence-corrected chi connectivity index (χ3v) is 5.96. The Balaban J connectivity index is 1.86. The quantitative estimate of drug-likeness (QED) is 0.893. The Morgan fingerprint density at radius 3 is 2.62 bits per heavy atom. The zero-order valence-corrected chi connectivity index (χ0v) is 13.8. The second kappa shape index (κ2) is 5.14. The molecule has 1 aromatic heterocycles. The lowest BCUT2D eigenvalue weighted by Gasteiger charge is -2.33. The van der Waals surface area contributed by atoms with Gasteiger partial charge in [-0.05, 0) is 49.0 Å². The van der Waals surface area contributed by atoms with Crippen molar-refractivity contribution in [1.29, 1.82) is 5.26 Å². The first-order chi connectivity index (χ1) is 9.90. The van der Waals surface area contributed by atoms with E-state index in [1.165, 1.54) is 10.4 Å². The number of anilines is 1. The van der Waals surface area contributed by atoms with Crippen molar-refractivity contribution in [3.05, 3.63) is 16.0 Å². The van der Waals surface area contributed by atoms with E-state index in [-0.39, 0.29) is 11.8 Å². The molecule has 0 bridgehead atoms. The summed E-state index contributed by atoms with van der Waals surface area (Å²) in [7, 11) is 0. The van der Waals surface area contributed by atoms with Crippen molar-refractivity contribution in [2.24, 2.45) is 17.3 Å². The highest BCUT2D eigenvalue weighted by atomic mass is 32.1. The summed E-state index contributed by atoms with van der Waals surface area (Å²) in [5.74, 6) is 0.928. The monoisotopic (exact) mass is 302 g/mol. The van der Waals surface area contributed by atoms with Crippen LogP contribution in [0.25, 0.3) is 0 Å². The van der Waals surface area contributed by atoms with E-state index in [1.54, 1.807) is 11.3 Å². The maximum atomic E-state index is 12.0. The number of hydrogen-bond donors (Lipinski definition) is 1. The van der Waals surface area contributed by atoms with Gasteiger partial charge in [0.15, 0.2) is 0 Å². The van der Waals surface area contributed by atoms with Crippen LogP contribution in [0.15, 0.2) is 0 Å². The van der Waals surface area contributed by atoms with Crippen LogP contribution < -0.4 is 5.32 Å². The molecule has 3 nitrogen and oxygen atoms in total. The first-order valence-electron chi connectivity index (χ1n) is 7.75. The SMILES string of the molecule is CC(C)(C)C1CCc2c(sc(NC(=O)C3CC3)c2C#N)C1. The molecule has 1 N–H and O–H groups in total. The second-order valence-electron chi connectivity index (χ2n) is 7.39. The van der Waals surface area contributed by atoms with Gasteiger partial charge in [0.2, 0.25) is 5.91 Å². The highest BCUT2D eigenvalue weighted by Gasteiger charge is 2.34. The maximum Gasteiger partial charge on any atom is 0.228 e. The fraction of sp³-hybridized carbons (Fsp3) is 0.647. The van der Waals surface area contributed by atoms with E-state index in [0.29, 0.717) is 11.3 Å². The molecule has 1 fully saturated rings. The fourth-order valence-electron chi connectivity index (χ4n) is 3.09. The molecule has 2 aliphatic rings. The number of carbonyl (C=O) groups excluding carboxylic acids is 1. The summed E-state index contributed by atoms with van der Waals surface area (Å²) in [6.45, 7) is 6.87. The molecule has 1 heterocycles. The van der Waals surface area contributed by atoms with Gasteiger partial charge < -0.3 is 5.32 Å². The summed E-state index contributed by atoms with van der Waals surface area (Å²) >= 11 is 1.63. The Morgan fingerprint density at radius 2 is 2.05 bits per heavy atom. The highest BCUT2D eigenvalue weighted by molar-refractivity contribution is 7.16. The molecule has 21 heavy (non-hydrogen) atoms. The molecule has 0 aromatic carbocycles. The van der Waals surface area contributed by atoms with Gasteiger partial charge in [-0.15, -0.1) is 11.3 Å². The van der Waals surface area contributed by atoms with Crippen molar-refractivity contribution in [3.63, 3.8) is 0 Å². The summed E-state index contributed by atoms with van der Waals surface area (Å²) in [6, 6.07) is 2.32. The van der Waals surface area contributed by atoms with E-state index >= 15 is 0 Å². The summed E-state index contributed by atoms with van der Waals surface area (Å²) in [5, 5.41) is 13.2. The lowest BCUT2D eigenvalue weighted by atomic mass is 9.72. The van der Waals surface area contributed by atoms with Gasteiger partial charge in [-0.2, -0.15) is 5.26 Å². The average molecular weight is 302 g/mol. The van der Waals surface area contributed by atoms with E-state index in [2.05, 4.69) is 32.2 Å². The standard InChI is InChI=1S/C17H22N2OS/c1-17(2,3)11-6-7-12-13(9-18)16(21-14(12)8-11)19-15(20)10-4-5-10/h10-11H,4-8H2,1-3H3,(H,19,20). The second-order valence-corrected chi connectivity index (χ2v) is 8.49. The third-order valence-electron chi connectivity index (χ3n) is 4.79. The minimum Gasteiger partial charge on any atom is -0.316 e. The van der Waals surface area contributed by atoms with Gasteiger partial charge in [0.05, 0.1) is 5.56 Å². The van der Waals surface area contributed by atoms with Crippen LogP contribution in [0.5, 0.6) is 0 Å². The average Bonchev–Trinajstić information content (AvgIpc) is 3.19. The lowest BCUT2D eigenvalue weighted by molar-refractivity contribution is -0.117. The first-order valence-corrected chi connectivity index (χ1v) is 8.57. The normalized spacial score (nSPS) is 21.5. The number of rotatable bonds is 2. The number of fused-ring (bicyclic) bond motifs is 1. The number of nitrogens with zero attached hydrogens (tertiary/aromatic N) is 1. The number of hydrogen-bond acceptors (Lipinski definition) is 3. The molecule has 1 saturated carbocycles. The van der Waals surface area contributed by atoms with E-state index in [0.717, 1.165) is 42.7 Å². The van der Waals surface area contributed by atoms with Crippen molar-refractivity contribution in [3.8, 4) is 6.07 Å². The largest absolute Gasteiger partial charge is 0.316 e. The number of amides is 1. The minimum absolute atomic E-state index is 0.0949. The van der Waals surface area contributed by atoms with Crippen LogP contribution >= 0.6 is 11.3 Å². The molecule has 0 aliphatic heterocycles. The predicted octanol–water partition coefficient (Wildman–Crippen LogP) is 4.12. The topological polar surface area (TPSA) is 52.9 Å². The number of nitriles is 1. The van der Waals surface area contributed by atoms with Crippen LogP contribution in [0.4, 0.5) is 5.00 Å². The zero-order chi connectivity index (χ0) is 15.2. The van der Waals surface area contributed by atoms with Gasteiger partial charge in [0.1, 0.15) is 11.1 Å². The van der Waals surface area contributed by atoms with Gasteiger partial charge in [0, 0.05) is 10.8 Å². The summed E-state index contributed by atoms with van der Waals surface area (Å²) in [4.78, 5) is 13.3. The smallest absolute Gasteiger partial charge is 0.228 e. The molecule has 1 aromatic rings. The molecule has 1 atom stereocenters. The highest BCUT2D eigenvalue weighted by Crippen LogP contribution is 2.44. The molecule has 1 amide bonds. The van der Waals surface area contributed by atoms with Crippen LogP contribution in [0.1, 0.15) is 56.0 Å². The summed E-state index contributed by atoms with van der Waals surface area (Å²) in [6.07, 6.45) is 5.13. The Labute approximate surface area is 130 Å². The van der Waals surface area contributed by atoms with E-state index in [4.69, 9.17) is 0 Å². The molecular weight excluding hydrogens is 280 g/mol. The van der Waals surface area contributed by atoms with Crippen molar-refractivity contribution < 1.29 is 4.79 Å². The molecule has 4 heteroatoms. The molecule has 112 valence electrons. The van der Waals surface area contributed by atoms with Gasteiger partial charge in [0.25, 0.3) is 0 Å². The van der Waals surface area contributed by atoms with E-state index < -0.39 is 0 Å². The zero-order valence-electron chi connectivity index (χ0n) is 13.0. The molecule has 1 unspecified atom stereocenters. The minimum atomic E-state index is 0.0949. The lowest BCUT2D eigenvalue weighted by Crippen LogP contribution is -2.26. The molecule has 3 rings (SSSR count). The van der Waals surface area contributed by atoms with Crippen LogP contribution in [0.2, 0.25) is 0 Å². The summed E-state index contributed by atoms with van der Waals surface area (Å²) < 4.78 is 0. The van der Waals surface area contributed by atoms with E-state index in [9.17, 15) is 10.1 Å². The molecule has 0 saturated heterocycles. The van der Waals surface area contributed by atoms with Crippen molar-refractivity contribution in [2.45, 2.75) is 52.9 Å².